The molecule has 1 aliphatic rings. The van der Waals surface area contributed by atoms with Gasteiger partial charge in [0, 0.05) is 24.9 Å². The zero-order valence-electron chi connectivity index (χ0n) is 9.85. The van der Waals surface area contributed by atoms with E-state index in [-0.39, 0.29) is 12.5 Å². The predicted octanol–water partition coefficient (Wildman–Crippen LogP) is 0.903. The molecule has 0 unspecified atom stereocenters. The number of aliphatic hydroxyl groups is 1. The average Bonchev–Trinajstić information content (AvgIpc) is 2.30. The van der Waals surface area contributed by atoms with Crippen molar-refractivity contribution >= 4 is 5.91 Å². The smallest absolute Gasteiger partial charge is 0.228 e. The Balaban J connectivity index is 1.77. The first-order valence-electron chi connectivity index (χ1n) is 6.06. The summed E-state index contributed by atoms with van der Waals surface area (Å²) in [6.45, 7) is 0.542. The van der Waals surface area contributed by atoms with Gasteiger partial charge in [0.2, 0.25) is 5.91 Å². The van der Waals surface area contributed by atoms with Gasteiger partial charge < -0.3 is 10.4 Å². The molecule has 1 aliphatic carbocycles. The second-order valence-electron chi connectivity index (χ2n) is 4.62. The first-order chi connectivity index (χ1) is 8.27. The molecule has 0 aliphatic heterocycles. The van der Waals surface area contributed by atoms with Gasteiger partial charge in [-0.25, -0.2) is 0 Å². The van der Waals surface area contributed by atoms with Gasteiger partial charge in [0.05, 0.1) is 12.0 Å². The van der Waals surface area contributed by atoms with E-state index in [0.29, 0.717) is 6.54 Å². The Morgan fingerprint density at radius 1 is 1.47 bits per heavy atom. The third-order valence-electron chi connectivity index (χ3n) is 3.49. The second-order valence-corrected chi connectivity index (χ2v) is 4.62. The molecule has 0 saturated heterocycles. The number of nitrogens with one attached hydrogen (secondary N) is 1. The van der Waals surface area contributed by atoms with Crippen LogP contribution in [-0.2, 0) is 11.2 Å². The van der Waals surface area contributed by atoms with E-state index in [9.17, 15) is 9.90 Å². The highest BCUT2D eigenvalue weighted by Crippen LogP contribution is 2.40. The number of amides is 1. The number of hydrogen-bond acceptors (Lipinski definition) is 3. The summed E-state index contributed by atoms with van der Waals surface area (Å²) in [6.07, 6.45) is 5.12. The van der Waals surface area contributed by atoms with Crippen molar-refractivity contribution in [3.8, 4) is 0 Å². The normalized spacial score (nSPS) is 17.2. The van der Waals surface area contributed by atoms with E-state index < -0.39 is 5.41 Å². The molecule has 1 fully saturated rings. The first-order valence-corrected chi connectivity index (χ1v) is 6.06. The maximum absolute atomic E-state index is 11.9. The molecule has 1 amide bonds. The monoisotopic (exact) mass is 234 g/mol. The van der Waals surface area contributed by atoms with Crippen LogP contribution in [0.4, 0.5) is 0 Å². The summed E-state index contributed by atoms with van der Waals surface area (Å²) < 4.78 is 0. The maximum atomic E-state index is 11.9. The maximum Gasteiger partial charge on any atom is 0.228 e. The fourth-order valence-corrected chi connectivity index (χ4v) is 2.10. The van der Waals surface area contributed by atoms with Crippen molar-refractivity contribution in [2.75, 3.05) is 13.2 Å². The average molecular weight is 234 g/mol. The number of hydrogen-bond donors (Lipinski definition) is 2. The lowest BCUT2D eigenvalue weighted by molar-refractivity contribution is -0.139. The molecule has 0 atom stereocenters. The zero-order chi connectivity index (χ0) is 12.1. The largest absolute Gasteiger partial charge is 0.395 e. The lowest BCUT2D eigenvalue weighted by atomic mass is 9.68. The summed E-state index contributed by atoms with van der Waals surface area (Å²) in [5.41, 5.74) is 0.476. The van der Waals surface area contributed by atoms with Crippen LogP contribution in [-0.4, -0.2) is 29.1 Å². The molecule has 4 nitrogen and oxygen atoms in total. The van der Waals surface area contributed by atoms with Crippen LogP contribution in [0.1, 0.15) is 25.0 Å². The lowest BCUT2D eigenvalue weighted by Gasteiger charge is -2.38. The van der Waals surface area contributed by atoms with E-state index in [1.54, 1.807) is 6.20 Å². The summed E-state index contributed by atoms with van der Waals surface area (Å²) in [5.74, 6) is -0.0119. The molecule has 0 radical (unpaired) electrons. The second kappa shape index (κ2) is 5.27. The van der Waals surface area contributed by atoms with Crippen LogP contribution in [0, 0.1) is 5.41 Å². The third kappa shape index (κ3) is 2.64. The molecular formula is C13H18N2O2. The van der Waals surface area contributed by atoms with E-state index in [0.717, 1.165) is 31.4 Å². The van der Waals surface area contributed by atoms with Gasteiger partial charge >= 0.3 is 0 Å². The Hall–Kier alpha value is -1.42. The molecule has 1 saturated carbocycles. The van der Waals surface area contributed by atoms with Crippen molar-refractivity contribution in [1.29, 1.82) is 0 Å². The Morgan fingerprint density at radius 3 is 2.82 bits per heavy atom. The molecular weight excluding hydrogens is 216 g/mol. The summed E-state index contributed by atoms with van der Waals surface area (Å²) in [4.78, 5) is 16.1. The van der Waals surface area contributed by atoms with Crippen LogP contribution in [0.2, 0.25) is 0 Å². The summed E-state index contributed by atoms with van der Waals surface area (Å²) >= 11 is 0. The molecule has 4 heteroatoms. The molecule has 0 bridgehead atoms. The number of nitrogens with zero attached hydrogens (tertiary/aromatic N) is 1. The van der Waals surface area contributed by atoms with Gasteiger partial charge in [0.25, 0.3) is 0 Å². The van der Waals surface area contributed by atoms with Crippen LogP contribution in [0.3, 0.4) is 0 Å². The molecule has 1 aromatic rings. The van der Waals surface area contributed by atoms with Gasteiger partial charge in [-0.1, -0.05) is 12.5 Å². The summed E-state index contributed by atoms with van der Waals surface area (Å²) in [6, 6.07) is 5.75. The third-order valence-corrected chi connectivity index (χ3v) is 3.49. The molecule has 1 aromatic heterocycles. The Bertz CT molecular complexity index is 369. The van der Waals surface area contributed by atoms with Crippen molar-refractivity contribution in [3.05, 3.63) is 30.1 Å². The van der Waals surface area contributed by atoms with E-state index in [2.05, 4.69) is 10.3 Å². The van der Waals surface area contributed by atoms with Crippen molar-refractivity contribution in [1.82, 2.24) is 10.3 Å². The minimum atomic E-state index is -0.496. The fraction of sp³-hybridized carbons (Fsp3) is 0.538. The number of carbonyl (C=O) groups excluding carboxylic acids is 1. The van der Waals surface area contributed by atoms with Crippen molar-refractivity contribution in [2.45, 2.75) is 25.7 Å². The number of pyridine rings is 1. The minimum Gasteiger partial charge on any atom is -0.395 e. The number of aliphatic hydroxyl groups excluding tert-OH is 1. The summed E-state index contributed by atoms with van der Waals surface area (Å²) in [7, 11) is 0. The molecule has 0 spiro atoms. The Labute approximate surface area is 101 Å². The Morgan fingerprint density at radius 2 is 2.29 bits per heavy atom. The molecule has 92 valence electrons. The molecule has 0 aromatic carbocycles. The van der Waals surface area contributed by atoms with Gasteiger partial charge in [-0.2, -0.15) is 0 Å². The van der Waals surface area contributed by atoms with Crippen molar-refractivity contribution < 1.29 is 9.90 Å². The molecule has 2 rings (SSSR count). The minimum absolute atomic E-state index is 0.0119. The van der Waals surface area contributed by atoms with Crippen LogP contribution in [0.15, 0.2) is 24.4 Å². The van der Waals surface area contributed by atoms with Gasteiger partial charge in [-0.3, -0.25) is 9.78 Å². The SMILES string of the molecule is O=C(NCCc1ccccn1)C1(CO)CCC1. The molecule has 2 N–H and O–H groups in total. The summed E-state index contributed by atoms with van der Waals surface area (Å²) in [5, 5.41) is 12.1. The predicted molar refractivity (Wildman–Crippen MR) is 64.3 cm³/mol. The van der Waals surface area contributed by atoms with Crippen LogP contribution in [0.25, 0.3) is 0 Å². The van der Waals surface area contributed by atoms with Crippen LogP contribution < -0.4 is 5.32 Å². The van der Waals surface area contributed by atoms with Gasteiger partial charge in [-0.15, -0.1) is 0 Å². The highest BCUT2D eigenvalue weighted by molar-refractivity contribution is 5.83. The zero-order valence-corrected chi connectivity index (χ0v) is 9.85. The van der Waals surface area contributed by atoms with Crippen molar-refractivity contribution in [2.24, 2.45) is 5.41 Å². The van der Waals surface area contributed by atoms with Gasteiger partial charge in [0.15, 0.2) is 0 Å². The van der Waals surface area contributed by atoms with Gasteiger partial charge in [-0.05, 0) is 25.0 Å². The molecule has 1 heterocycles. The van der Waals surface area contributed by atoms with Crippen molar-refractivity contribution in [3.63, 3.8) is 0 Å². The number of aromatic nitrogens is 1. The van der Waals surface area contributed by atoms with Crippen LogP contribution in [0.5, 0.6) is 0 Å². The molecule has 17 heavy (non-hydrogen) atoms. The highest BCUT2D eigenvalue weighted by Gasteiger charge is 2.43. The van der Waals surface area contributed by atoms with E-state index >= 15 is 0 Å². The van der Waals surface area contributed by atoms with E-state index in [1.165, 1.54) is 0 Å². The highest BCUT2D eigenvalue weighted by atomic mass is 16.3. The number of carbonyl (C=O) groups is 1. The van der Waals surface area contributed by atoms with Crippen LogP contribution >= 0.6 is 0 Å². The quantitative estimate of drug-likeness (QED) is 0.795. The Kier molecular flexibility index (Phi) is 3.74. The standard InChI is InChI=1S/C13H18N2O2/c16-10-13(6-3-7-13)12(17)15-9-5-11-4-1-2-8-14-11/h1-2,4,8,16H,3,5-7,9-10H2,(H,15,17). The first kappa shape index (κ1) is 12.0. The van der Waals surface area contributed by atoms with E-state index in [1.807, 2.05) is 18.2 Å². The fourth-order valence-electron chi connectivity index (χ4n) is 2.10. The number of rotatable bonds is 5. The topological polar surface area (TPSA) is 62.2 Å². The van der Waals surface area contributed by atoms with E-state index in [4.69, 9.17) is 0 Å². The van der Waals surface area contributed by atoms with Gasteiger partial charge in [0.1, 0.15) is 0 Å². The lowest BCUT2D eigenvalue weighted by Crippen LogP contribution is -2.48.